The fourth-order valence-electron chi connectivity index (χ4n) is 4.71. The number of nitrogens with zero attached hydrogens (tertiary/aromatic N) is 2. The lowest BCUT2D eigenvalue weighted by Crippen LogP contribution is -2.42. The van der Waals surface area contributed by atoms with Gasteiger partial charge in [-0.3, -0.25) is 19.3 Å². The zero-order valence-electron chi connectivity index (χ0n) is 17.4. The van der Waals surface area contributed by atoms with Crippen LogP contribution in [-0.2, 0) is 9.53 Å². The molecule has 7 heteroatoms. The van der Waals surface area contributed by atoms with Gasteiger partial charge in [0.05, 0.1) is 16.7 Å². The third kappa shape index (κ3) is 3.85. The number of carbonyl (C=O) groups is 4. The van der Waals surface area contributed by atoms with E-state index in [0.29, 0.717) is 18.7 Å². The van der Waals surface area contributed by atoms with E-state index in [1.54, 1.807) is 11.8 Å². The average Bonchev–Trinajstić information content (AvgIpc) is 3.03. The normalized spacial score (nSPS) is 20.8. The molecule has 1 saturated heterocycles. The van der Waals surface area contributed by atoms with Crippen molar-refractivity contribution in [3.05, 3.63) is 34.9 Å². The van der Waals surface area contributed by atoms with Crippen LogP contribution in [0.25, 0.3) is 0 Å². The van der Waals surface area contributed by atoms with E-state index in [4.69, 9.17) is 4.74 Å². The quantitative estimate of drug-likeness (QED) is 0.560. The van der Waals surface area contributed by atoms with Crippen LogP contribution in [0.1, 0.15) is 89.4 Å². The van der Waals surface area contributed by atoms with E-state index in [2.05, 4.69) is 0 Å². The van der Waals surface area contributed by atoms with E-state index in [1.165, 1.54) is 23.1 Å². The zero-order chi connectivity index (χ0) is 21.3. The van der Waals surface area contributed by atoms with Gasteiger partial charge in [-0.25, -0.2) is 4.79 Å². The summed E-state index contributed by atoms with van der Waals surface area (Å²) >= 11 is 0. The molecular formula is C23H28N2O5. The first-order valence-electron chi connectivity index (χ1n) is 11.0. The molecule has 7 nitrogen and oxygen atoms in total. The van der Waals surface area contributed by atoms with E-state index in [9.17, 15) is 19.2 Å². The number of rotatable bonds is 4. The number of benzene rings is 1. The highest BCUT2D eigenvalue weighted by atomic mass is 16.5. The van der Waals surface area contributed by atoms with Crippen molar-refractivity contribution in [3.63, 3.8) is 0 Å². The smallest absolute Gasteiger partial charge is 0.338 e. The van der Waals surface area contributed by atoms with Crippen LogP contribution in [0, 0.1) is 0 Å². The molecule has 0 unspecified atom stereocenters. The number of imide groups is 1. The van der Waals surface area contributed by atoms with Crippen LogP contribution in [0.15, 0.2) is 18.2 Å². The van der Waals surface area contributed by atoms with Crippen LogP contribution in [0.2, 0.25) is 0 Å². The highest BCUT2D eigenvalue weighted by Crippen LogP contribution is 2.31. The lowest BCUT2D eigenvalue weighted by Gasteiger charge is -2.29. The van der Waals surface area contributed by atoms with E-state index >= 15 is 0 Å². The molecule has 2 aliphatic heterocycles. The number of piperidine rings is 1. The third-order valence-corrected chi connectivity index (χ3v) is 6.39. The van der Waals surface area contributed by atoms with E-state index < -0.39 is 12.1 Å². The Morgan fingerprint density at radius 2 is 1.57 bits per heavy atom. The summed E-state index contributed by atoms with van der Waals surface area (Å²) in [4.78, 5) is 53.9. The molecular weight excluding hydrogens is 384 g/mol. The van der Waals surface area contributed by atoms with Gasteiger partial charge in [-0.05, 0) is 57.2 Å². The summed E-state index contributed by atoms with van der Waals surface area (Å²) in [7, 11) is 0. The molecule has 1 aromatic carbocycles. The molecule has 3 aliphatic rings. The second-order valence-electron chi connectivity index (χ2n) is 8.47. The number of hydrogen-bond donors (Lipinski definition) is 0. The lowest BCUT2D eigenvalue weighted by atomic mass is 9.94. The summed E-state index contributed by atoms with van der Waals surface area (Å²) in [6, 6.07) is 4.38. The van der Waals surface area contributed by atoms with Crippen molar-refractivity contribution in [2.24, 2.45) is 0 Å². The minimum absolute atomic E-state index is 0.0660. The Kier molecular flexibility index (Phi) is 5.88. The predicted octanol–water partition coefficient (Wildman–Crippen LogP) is 3.17. The second kappa shape index (κ2) is 8.58. The van der Waals surface area contributed by atoms with Crippen LogP contribution in [0.3, 0.4) is 0 Å². The number of ether oxygens (including phenoxy) is 1. The molecule has 4 rings (SSSR count). The molecule has 1 aromatic rings. The van der Waals surface area contributed by atoms with Gasteiger partial charge >= 0.3 is 5.97 Å². The van der Waals surface area contributed by atoms with Crippen molar-refractivity contribution < 1.29 is 23.9 Å². The van der Waals surface area contributed by atoms with Gasteiger partial charge in [-0.2, -0.15) is 0 Å². The van der Waals surface area contributed by atoms with Crippen LogP contribution >= 0.6 is 0 Å². The summed E-state index contributed by atoms with van der Waals surface area (Å²) in [6.07, 6.45) is 6.96. The molecule has 0 bridgehead atoms. The van der Waals surface area contributed by atoms with Crippen LogP contribution in [-0.4, -0.2) is 58.7 Å². The predicted molar refractivity (Wildman–Crippen MR) is 109 cm³/mol. The number of fused-ring (bicyclic) bond motifs is 1. The molecule has 160 valence electrons. The first-order valence-corrected chi connectivity index (χ1v) is 11.0. The van der Waals surface area contributed by atoms with Crippen molar-refractivity contribution in [3.8, 4) is 0 Å². The lowest BCUT2D eigenvalue weighted by molar-refractivity contribution is -0.140. The van der Waals surface area contributed by atoms with Gasteiger partial charge in [0.25, 0.3) is 17.7 Å². The monoisotopic (exact) mass is 412 g/mol. The summed E-state index contributed by atoms with van der Waals surface area (Å²) in [5.74, 6) is -1.48. The van der Waals surface area contributed by atoms with E-state index in [-0.39, 0.29) is 34.9 Å². The van der Waals surface area contributed by atoms with E-state index in [1.807, 2.05) is 0 Å². The van der Waals surface area contributed by atoms with Crippen molar-refractivity contribution in [1.82, 2.24) is 9.80 Å². The summed E-state index contributed by atoms with van der Waals surface area (Å²) in [5.41, 5.74) is 0.758. The Morgan fingerprint density at radius 1 is 0.933 bits per heavy atom. The topological polar surface area (TPSA) is 84.0 Å². The highest BCUT2D eigenvalue weighted by Gasteiger charge is 2.40. The Balaban J connectivity index is 1.46. The Morgan fingerprint density at radius 3 is 2.27 bits per heavy atom. The van der Waals surface area contributed by atoms with Gasteiger partial charge in [-0.15, -0.1) is 0 Å². The van der Waals surface area contributed by atoms with Gasteiger partial charge < -0.3 is 9.64 Å². The first kappa shape index (κ1) is 20.6. The molecule has 3 amide bonds. The zero-order valence-corrected chi connectivity index (χ0v) is 17.4. The first-order chi connectivity index (χ1) is 14.5. The molecule has 0 radical (unpaired) electrons. The Labute approximate surface area is 176 Å². The highest BCUT2D eigenvalue weighted by molar-refractivity contribution is 6.22. The van der Waals surface area contributed by atoms with Crippen molar-refractivity contribution >= 4 is 23.7 Å². The van der Waals surface area contributed by atoms with Crippen LogP contribution in [0.4, 0.5) is 0 Å². The van der Waals surface area contributed by atoms with E-state index in [0.717, 1.165) is 51.4 Å². The summed E-state index contributed by atoms with van der Waals surface area (Å²) in [6.45, 7) is 2.95. The minimum atomic E-state index is -0.889. The number of amides is 3. The van der Waals surface area contributed by atoms with Gasteiger partial charge in [-0.1, -0.05) is 19.3 Å². The van der Waals surface area contributed by atoms with Gasteiger partial charge in [0.1, 0.15) is 0 Å². The average molecular weight is 412 g/mol. The second-order valence-corrected chi connectivity index (χ2v) is 8.47. The molecule has 0 aromatic heterocycles. The largest absolute Gasteiger partial charge is 0.449 e. The standard InChI is InChI=1S/C23H28N2O5/c1-15(20(26)24-12-6-3-7-13-24)30-23(29)16-10-11-18-19(14-16)22(28)25(21(18)27)17-8-4-2-5-9-17/h10-11,14-15,17H,2-9,12-13H2,1H3/t15-/m0/s1. The van der Waals surface area contributed by atoms with Gasteiger partial charge in [0, 0.05) is 19.1 Å². The number of hydrogen-bond acceptors (Lipinski definition) is 5. The van der Waals surface area contributed by atoms with Crippen LogP contribution in [0.5, 0.6) is 0 Å². The van der Waals surface area contributed by atoms with Crippen LogP contribution < -0.4 is 0 Å². The molecule has 1 atom stereocenters. The fourth-order valence-corrected chi connectivity index (χ4v) is 4.71. The maximum Gasteiger partial charge on any atom is 0.338 e. The fraction of sp³-hybridized carbons (Fsp3) is 0.565. The summed E-state index contributed by atoms with van der Waals surface area (Å²) < 4.78 is 5.38. The minimum Gasteiger partial charge on any atom is -0.449 e. The number of carbonyl (C=O) groups excluding carboxylic acids is 4. The summed E-state index contributed by atoms with van der Waals surface area (Å²) in [5, 5.41) is 0. The maximum atomic E-state index is 12.9. The third-order valence-electron chi connectivity index (χ3n) is 6.39. The molecule has 1 saturated carbocycles. The number of esters is 1. The molecule has 30 heavy (non-hydrogen) atoms. The van der Waals surface area contributed by atoms with Crippen molar-refractivity contribution in [1.29, 1.82) is 0 Å². The Hall–Kier alpha value is -2.70. The Bertz CT molecular complexity index is 868. The molecule has 0 spiro atoms. The molecule has 2 heterocycles. The maximum absolute atomic E-state index is 12.9. The number of likely N-dealkylation sites (tertiary alicyclic amines) is 1. The molecule has 0 N–H and O–H groups in total. The van der Waals surface area contributed by atoms with Crippen molar-refractivity contribution in [2.75, 3.05) is 13.1 Å². The SMILES string of the molecule is C[C@H](OC(=O)c1ccc2c(c1)C(=O)N(C1CCCCC1)C2=O)C(=O)N1CCCCC1. The van der Waals surface area contributed by atoms with Crippen molar-refractivity contribution in [2.45, 2.75) is 70.4 Å². The molecule has 1 aliphatic carbocycles. The van der Waals surface area contributed by atoms with Gasteiger partial charge in [0.2, 0.25) is 0 Å². The molecule has 2 fully saturated rings. The van der Waals surface area contributed by atoms with Gasteiger partial charge in [0.15, 0.2) is 6.10 Å².